The van der Waals surface area contributed by atoms with Gasteiger partial charge < -0.3 is 11.1 Å². The van der Waals surface area contributed by atoms with Crippen LogP contribution in [0.15, 0.2) is 23.2 Å². The van der Waals surface area contributed by atoms with Crippen LogP contribution in [0.3, 0.4) is 0 Å². The van der Waals surface area contributed by atoms with Gasteiger partial charge in [-0.2, -0.15) is 0 Å². The third-order valence-corrected chi connectivity index (χ3v) is 3.06. The Morgan fingerprint density at radius 2 is 2.28 bits per heavy atom. The summed E-state index contributed by atoms with van der Waals surface area (Å²) in [6.07, 6.45) is 2.14. The van der Waals surface area contributed by atoms with Crippen LogP contribution in [0, 0.1) is 6.92 Å². The summed E-state index contributed by atoms with van der Waals surface area (Å²) in [5.41, 5.74) is 7.87. The van der Waals surface area contributed by atoms with Gasteiger partial charge in [-0.25, -0.2) is 4.99 Å². The average Bonchev–Trinajstić information content (AvgIpc) is 3.15. The van der Waals surface area contributed by atoms with Crippen molar-refractivity contribution < 1.29 is 4.79 Å². The highest BCUT2D eigenvalue weighted by Crippen LogP contribution is 2.22. The minimum Gasteiger partial charge on any atom is -0.386 e. The molecule has 1 aliphatic carbocycles. The Morgan fingerprint density at radius 1 is 1.56 bits per heavy atom. The molecular weight excluding hydrogens is 250 g/mol. The van der Waals surface area contributed by atoms with Gasteiger partial charge in [0.25, 0.3) is 5.91 Å². The molecule has 0 aromatic heterocycles. The number of amides is 1. The molecule has 2 rings (SSSR count). The van der Waals surface area contributed by atoms with Gasteiger partial charge in [-0.05, 0) is 37.5 Å². The van der Waals surface area contributed by atoms with E-state index in [1.54, 1.807) is 12.1 Å². The summed E-state index contributed by atoms with van der Waals surface area (Å²) in [7, 11) is 0. The molecule has 96 valence electrons. The zero-order valence-corrected chi connectivity index (χ0v) is 11.0. The molecule has 0 heterocycles. The summed E-state index contributed by atoms with van der Waals surface area (Å²) in [4.78, 5) is 16.1. The molecule has 18 heavy (non-hydrogen) atoms. The van der Waals surface area contributed by atoms with Gasteiger partial charge in [0.15, 0.2) is 0 Å². The molecule has 1 aromatic carbocycles. The van der Waals surface area contributed by atoms with Crippen molar-refractivity contribution in [1.82, 2.24) is 5.32 Å². The Balaban J connectivity index is 2.21. The number of amidine groups is 1. The second-order valence-corrected chi connectivity index (χ2v) is 4.75. The fraction of sp³-hybridized carbons (Fsp3) is 0.385. The molecule has 1 aliphatic rings. The maximum absolute atomic E-state index is 11.9. The number of aryl methyl sites for hydroxylation is 1. The van der Waals surface area contributed by atoms with Gasteiger partial charge in [0.1, 0.15) is 5.84 Å². The summed E-state index contributed by atoms with van der Waals surface area (Å²) in [5.74, 6) is 0.468. The SMILES string of the molecule is Cc1ccc(C(=O)NC2CC2)cc1N=C(N)CCl. The van der Waals surface area contributed by atoms with Crippen LogP contribution in [0.1, 0.15) is 28.8 Å². The lowest BCUT2D eigenvalue weighted by atomic mass is 10.1. The van der Waals surface area contributed by atoms with E-state index in [9.17, 15) is 4.79 Å². The molecule has 0 spiro atoms. The lowest BCUT2D eigenvalue weighted by Crippen LogP contribution is -2.25. The number of nitrogens with two attached hydrogens (primary N) is 1. The van der Waals surface area contributed by atoms with Crippen LogP contribution in [-0.2, 0) is 0 Å². The van der Waals surface area contributed by atoms with Crippen molar-refractivity contribution in [2.45, 2.75) is 25.8 Å². The average molecular weight is 266 g/mol. The third kappa shape index (κ3) is 3.23. The number of aliphatic imine (C=N–C) groups is 1. The molecule has 5 heteroatoms. The minimum absolute atomic E-state index is 0.0570. The molecule has 0 radical (unpaired) electrons. The first-order chi connectivity index (χ1) is 8.60. The van der Waals surface area contributed by atoms with Gasteiger partial charge in [0.2, 0.25) is 0 Å². The maximum atomic E-state index is 11.9. The Labute approximate surface area is 111 Å². The molecule has 3 N–H and O–H groups in total. The van der Waals surface area contributed by atoms with Crippen molar-refractivity contribution in [3.63, 3.8) is 0 Å². The third-order valence-electron chi connectivity index (χ3n) is 2.78. The van der Waals surface area contributed by atoms with Gasteiger partial charge in [-0.15, -0.1) is 11.6 Å². The highest BCUT2D eigenvalue weighted by molar-refractivity contribution is 6.28. The van der Waals surface area contributed by atoms with Gasteiger partial charge in [-0.1, -0.05) is 6.07 Å². The first-order valence-corrected chi connectivity index (χ1v) is 6.44. The van der Waals surface area contributed by atoms with Crippen LogP contribution in [0.4, 0.5) is 5.69 Å². The lowest BCUT2D eigenvalue weighted by Gasteiger charge is -2.06. The van der Waals surface area contributed by atoms with E-state index in [-0.39, 0.29) is 11.8 Å². The smallest absolute Gasteiger partial charge is 0.251 e. The molecule has 0 atom stereocenters. The van der Waals surface area contributed by atoms with Crippen LogP contribution in [0.5, 0.6) is 0 Å². The van der Waals surface area contributed by atoms with Crippen LogP contribution < -0.4 is 11.1 Å². The van der Waals surface area contributed by atoms with E-state index < -0.39 is 0 Å². The summed E-state index contributed by atoms with van der Waals surface area (Å²) in [5, 5.41) is 2.94. The standard InChI is InChI=1S/C13H16ClN3O/c1-8-2-3-9(13(18)16-10-4-5-10)6-11(8)17-12(15)7-14/h2-3,6,10H,4-5,7H2,1H3,(H2,15,17)(H,16,18). The molecule has 1 fully saturated rings. The van der Waals surface area contributed by atoms with Gasteiger partial charge >= 0.3 is 0 Å². The van der Waals surface area contributed by atoms with Crippen LogP contribution >= 0.6 is 11.6 Å². The highest BCUT2D eigenvalue weighted by atomic mass is 35.5. The highest BCUT2D eigenvalue weighted by Gasteiger charge is 2.23. The number of halogens is 1. The van der Waals surface area contributed by atoms with Crippen molar-refractivity contribution in [3.05, 3.63) is 29.3 Å². The Hall–Kier alpha value is -1.55. The first-order valence-electron chi connectivity index (χ1n) is 5.90. The maximum Gasteiger partial charge on any atom is 0.251 e. The van der Waals surface area contributed by atoms with Crippen LogP contribution in [0.2, 0.25) is 0 Å². The van der Waals surface area contributed by atoms with E-state index in [2.05, 4.69) is 10.3 Å². The van der Waals surface area contributed by atoms with Gasteiger partial charge in [-0.3, -0.25) is 4.79 Å². The number of carbonyl (C=O) groups is 1. The largest absolute Gasteiger partial charge is 0.386 e. The fourth-order valence-corrected chi connectivity index (χ4v) is 1.61. The molecule has 1 saturated carbocycles. The number of nitrogens with zero attached hydrogens (tertiary/aromatic N) is 1. The molecule has 0 aliphatic heterocycles. The molecule has 0 bridgehead atoms. The van der Waals surface area contributed by atoms with Crippen LogP contribution in [-0.4, -0.2) is 23.7 Å². The van der Waals surface area contributed by atoms with Crippen molar-refractivity contribution in [1.29, 1.82) is 0 Å². The molecule has 4 nitrogen and oxygen atoms in total. The molecule has 0 unspecified atom stereocenters. The van der Waals surface area contributed by atoms with Gasteiger partial charge in [0.05, 0.1) is 11.6 Å². The summed E-state index contributed by atoms with van der Waals surface area (Å²) < 4.78 is 0. The first kappa shape index (κ1) is 12.9. The molecule has 0 saturated heterocycles. The number of hydrogen-bond donors (Lipinski definition) is 2. The summed E-state index contributed by atoms with van der Waals surface area (Å²) >= 11 is 5.60. The molecule has 1 aromatic rings. The minimum atomic E-state index is -0.0570. The number of hydrogen-bond acceptors (Lipinski definition) is 2. The number of carbonyl (C=O) groups excluding carboxylic acids is 1. The van der Waals surface area contributed by atoms with Crippen molar-refractivity contribution in [2.75, 3.05) is 5.88 Å². The van der Waals surface area contributed by atoms with Crippen molar-refractivity contribution in [3.8, 4) is 0 Å². The van der Waals surface area contributed by atoms with Crippen molar-refractivity contribution in [2.24, 2.45) is 10.7 Å². The monoisotopic (exact) mass is 265 g/mol. The lowest BCUT2D eigenvalue weighted by molar-refractivity contribution is 0.0951. The second-order valence-electron chi connectivity index (χ2n) is 4.49. The fourth-order valence-electron chi connectivity index (χ4n) is 1.55. The quantitative estimate of drug-likeness (QED) is 0.497. The van der Waals surface area contributed by atoms with Crippen LogP contribution in [0.25, 0.3) is 0 Å². The van der Waals surface area contributed by atoms with Gasteiger partial charge in [0, 0.05) is 11.6 Å². The van der Waals surface area contributed by atoms with E-state index in [0.29, 0.717) is 23.1 Å². The number of rotatable bonds is 4. The Kier molecular flexibility index (Phi) is 3.87. The summed E-state index contributed by atoms with van der Waals surface area (Å²) in [6.45, 7) is 1.92. The van der Waals surface area contributed by atoms with E-state index in [0.717, 1.165) is 18.4 Å². The number of benzene rings is 1. The predicted molar refractivity (Wildman–Crippen MR) is 73.7 cm³/mol. The van der Waals surface area contributed by atoms with E-state index >= 15 is 0 Å². The van der Waals surface area contributed by atoms with E-state index in [1.165, 1.54) is 0 Å². The Morgan fingerprint density at radius 3 is 2.89 bits per heavy atom. The zero-order chi connectivity index (χ0) is 13.1. The Bertz CT molecular complexity index is 495. The molecular formula is C13H16ClN3O. The second kappa shape index (κ2) is 5.40. The van der Waals surface area contributed by atoms with E-state index in [1.807, 2.05) is 13.0 Å². The summed E-state index contributed by atoms with van der Waals surface area (Å²) in [6, 6.07) is 5.75. The number of nitrogens with one attached hydrogen (secondary N) is 1. The molecule has 1 amide bonds. The topological polar surface area (TPSA) is 67.5 Å². The van der Waals surface area contributed by atoms with Crippen molar-refractivity contribution >= 4 is 29.0 Å². The normalized spacial score (nSPS) is 15.6. The number of alkyl halides is 1. The predicted octanol–water partition coefficient (Wildman–Crippen LogP) is 2.11. The van der Waals surface area contributed by atoms with E-state index in [4.69, 9.17) is 17.3 Å². The zero-order valence-electron chi connectivity index (χ0n) is 10.2.